The molecular formula is C13H14N4O3S. The third kappa shape index (κ3) is 4.53. The van der Waals surface area contributed by atoms with E-state index in [1.165, 1.54) is 29.7 Å². The summed E-state index contributed by atoms with van der Waals surface area (Å²) < 4.78 is 0. The van der Waals surface area contributed by atoms with E-state index < -0.39 is 5.97 Å². The molecule has 0 atom stereocenters. The number of carbonyl (C=O) groups excluding carboxylic acids is 1. The van der Waals surface area contributed by atoms with Gasteiger partial charge in [0, 0.05) is 11.6 Å². The highest BCUT2D eigenvalue weighted by Gasteiger charge is 2.06. The SMILES string of the molecule is Cc1nc(CNC(=O)NCc2cc(C(=O)O)ccn2)cs1. The average Bonchev–Trinajstić information content (AvgIpc) is 2.89. The Labute approximate surface area is 125 Å². The van der Waals surface area contributed by atoms with Gasteiger partial charge in [-0.2, -0.15) is 0 Å². The predicted molar refractivity (Wildman–Crippen MR) is 77.1 cm³/mol. The van der Waals surface area contributed by atoms with Crippen molar-refractivity contribution in [3.63, 3.8) is 0 Å². The van der Waals surface area contributed by atoms with E-state index in [0.717, 1.165) is 10.7 Å². The Bertz CT molecular complexity index is 656. The van der Waals surface area contributed by atoms with Crippen LogP contribution in [-0.2, 0) is 13.1 Å². The number of aromatic nitrogens is 2. The molecule has 2 aromatic rings. The first kappa shape index (κ1) is 14.9. The van der Waals surface area contributed by atoms with Crippen molar-refractivity contribution >= 4 is 23.3 Å². The minimum Gasteiger partial charge on any atom is -0.478 e. The van der Waals surface area contributed by atoms with Crippen LogP contribution in [0.15, 0.2) is 23.7 Å². The smallest absolute Gasteiger partial charge is 0.335 e. The second kappa shape index (κ2) is 6.80. The lowest BCUT2D eigenvalue weighted by Gasteiger charge is -2.06. The summed E-state index contributed by atoms with van der Waals surface area (Å²) in [5.74, 6) is -1.03. The standard InChI is InChI=1S/C13H14N4O3S/c1-8-17-11(7-21-8)6-16-13(20)15-5-10-4-9(12(18)19)2-3-14-10/h2-4,7H,5-6H2,1H3,(H,18,19)(H2,15,16,20). The number of amides is 2. The summed E-state index contributed by atoms with van der Waals surface area (Å²) in [6.07, 6.45) is 1.40. The molecule has 0 aliphatic rings. The normalized spacial score (nSPS) is 10.1. The van der Waals surface area contributed by atoms with Gasteiger partial charge < -0.3 is 15.7 Å². The summed E-state index contributed by atoms with van der Waals surface area (Å²) in [6, 6.07) is 2.46. The van der Waals surface area contributed by atoms with Crippen molar-refractivity contribution in [3.8, 4) is 0 Å². The Morgan fingerprint density at radius 1 is 1.29 bits per heavy atom. The van der Waals surface area contributed by atoms with Crippen molar-refractivity contribution in [1.82, 2.24) is 20.6 Å². The van der Waals surface area contributed by atoms with Crippen molar-refractivity contribution in [2.24, 2.45) is 0 Å². The number of aromatic carboxylic acids is 1. The van der Waals surface area contributed by atoms with Gasteiger partial charge >= 0.3 is 12.0 Å². The zero-order valence-corrected chi connectivity index (χ0v) is 12.1. The third-order valence-corrected chi connectivity index (χ3v) is 3.41. The number of carboxylic acids is 1. The Balaban J connectivity index is 1.81. The van der Waals surface area contributed by atoms with Crippen LogP contribution >= 0.6 is 11.3 Å². The lowest BCUT2D eigenvalue weighted by atomic mass is 10.2. The van der Waals surface area contributed by atoms with E-state index in [1.807, 2.05) is 12.3 Å². The molecule has 8 heteroatoms. The number of hydrogen-bond donors (Lipinski definition) is 3. The number of pyridine rings is 1. The zero-order chi connectivity index (χ0) is 15.2. The molecular weight excluding hydrogens is 292 g/mol. The number of nitrogens with zero attached hydrogens (tertiary/aromatic N) is 2. The Kier molecular flexibility index (Phi) is 4.83. The van der Waals surface area contributed by atoms with Crippen LogP contribution in [0.3, 0.4) is 0 Å². The molecule has 2 aromatic heterocycles. The molecule has 0 unspecified atom stereocenters. The Morgan fingerprint density at radius 3 is 2.62 bits per heavy atom. The fourth-order valence-electron chi connectivity index (χ4n) is 1.60. The van der Waals surface area contributed by atoms with Crippen LogP contribution in [-0.4, -0.2) is 27.1 Å². The maximum Gasteiger partial charge on any atom is 0.335 e. The highest BCUT2D eigenvalue weighted by atomic mass is 32.1. The molecule has 0 aliphatic carbocycles. The number of nitrogens with one attached hydrogen (secondary N) is 2. The second-order valence-electron chi connectivity index (χ2n) is 4.24. The van der Waals surface area contributed by atoms with Crippen molar-refractivity contribution < 1.29 is 14.7 Å². The van der Waals surface area contributed by atoms with Crippen molar-refractivity contribution in [3.05, 3.63) is 45.7 Å². The van der Waals surface area contributed by atoms with E-state index in [9.17, 15) is 9.59 Å². The molecule has 0 aromatic carbocycles. The quantitative estimate of drug-likeness (QED) is 0.777. The third-order valence-electron chi connectivity index (χ3n) is 2.59. The minimum absolute atomic E-state index is 0.139. The number of thiazole rings is 1. The van der Waals surface area contributed by atoms with E-state index in [-0.39, 0.29) is 18.1 Å². The molecule has 0 saturated carbocycles. The van der Waals surface area contributed by atoms with E-state index in [1.54, 1.807) is 0 Å². The summed E-state index contributed by atoms with van der Waals surface area (Å²) in [5.41, 5.74) is 1.42. The molecule has 0 radical (unpaired) electrons. The van der Waals surface area contributed by atoms with Crippen LogP contribution in [0.5, 0.6) is 0 Å². The fraction of sp³-hybridized carbons (Fsp3) is 0.231. The summed E-state index contributed by atoms with van der Waals surface area (Å²) in [5, 5.41) is 17.0. The molecule has 0 spiro atoms. The number of aryl methyl sites for hydroxylation is 1. The Morgan fingerprint density at radius 2 is 2.00 bits per heavy atom. The predicted octanol–water partition coefficient (Wildman–Crippen LogP) is 1.54. The van der Waals surface area contributed by atoms with Gasteiger partial charge in [-0.15, -0.1) is 11.3 Å². The van der Waals surface area contributed by atoms with Gasteiger partial charge in [-0.1, -0.05) is 0 Å². The number of hydrogen-bond acceptors (Lipinski definition) is 5. The van der Waals surface area contributed by atoms with Crippen LogP contribution in [0.2, 0.25) is 0 Å². The van der Waals surface area contributed by atoms with Gasteiger partial charge in [0.25, 0.3) is 0 Å². The van der Waals surface area contributed by atoms with Gasteiger partial charge in [0.05, 0.1) is 35.0 Å². The maximum atomic E-state index is 11.6. The number of rotatable bonds is 5. The maximum absolute atomic E-state index is 11.6. The summed E-state index contributed by atoms with van der Waals surface area (Å²) in [7, 11) is 0. The average molecular weight is 306 g/mol. The van der Waals surface area contributed by atoms with Gasteiger partial charge in [0.2, 0.25) is 0 Å². The minimum atomic E-state index is -1.03. The first-order valence-corrected chi connectivity index (χ1v) is 7.03. The lowest BCUT2D eigenvalue weighted by molar-refractivity contribution is 0.0696. The van der Waals surface area contributed by atoms with Gasteiger partial charge in [-0.25, -0.2) is 14.6 Å². The highest BCUT2D eigenvalue weighted by Crippen LogP contribution is 2.07. The lowest BCUT2D eigenvalue weighted by Crippen LogP contribution is -2.34. The van der Waals surface area contributed by atoms with Crippen LogP contribution < -0.4 is 10.6 Å². The molecule has 21 heavy (non-hydrogen) atoms. The van der Waals surface area contributed by atoms with Crippen LogP contribution in [0.1, 0.15) is 26.8 Å². The molecule has 7 nitrogen and oxygen atoms in total. The van der Waals surface area contributed by atoms with Crippen LogP contribution in [0.25, 0.3) is 0 Å². The second-order valence-corrected chi connectivity index (χ2v) is 5.30. The molecule has 0 bridgehead atoms. The summed E-state index contributed by atoms with van der Waals surface area (Å²) in [6.45, 7) is 2.40. The molecule has 2 heterocycles. The first-order chi connectivity index (χ1) is 10.0. The number of urea groups is 1. The zero-order valence-electron chi connectivity index (χ0n) is 11.3. The summed E-state index contributed by atoms with van der Waals surface area (Å²) in [4.78, 5) is 30.7. The monoisotopic (exact) mass is 306 g/mol. The van der Waals surface area contributed by atoms with E-state index in [2.05, 4.69) is 20.6 Å². The molecule has 2 rings (SSSR count). The molecule has 2 amide bonds. The summed E-state index contributed by atoms with van der Waals surface area (Å²) >= 11 is 1.52. The largest absolute Gasteiger partial charge is 0.478 e. The molecule has 110 valence electrons. The van der Waals surface area contributed by atoms with E-state index in [4.69, 9.17) is 5.11 Å². The van der Waals surface area contributed by atoms with Gasteiger partial charge in [-0.05, 0) is 19.1 Å². The molecule has 0 saturated heterocycles. The Hall–Kier alpha value is -2.48. The van der Waals surface area contributed by atoms with E-state index >= 15 is 0 Å². The highest BCUT2D eigenvalue weighted by molar-refractivity contribution is 7.09. The molecule has 3 N–H and O–H groups in total. The van der Waals surface area contributed by atoms with Gasteiger partial charge in [0.15, 0.2) is 0 Å². The van der Waals surface area contributed by atoms with Crippen molar-refractivity contribution in [2.75, 3.05) is 0 Å². The van der Waals surface area contributed by atoms with Crippen LogP contribution in [0.4, 0.5) is 4.79 Å². The van der Waals surface area contributed by atoms with E-state index in [0.29, 0.717) is 12.2 Å². The molecule has 0 fully saturated rings. The fourth-order valence-corrected chi connectivity index (χ4v) is 2.21. The van der Waals surface area contributed by atoms with Crippen molar-refractivity contribution in [1.29, 1.82) is 0 Å². The van der Waals surface area contributed by atoms with Crippen molar-refractivity contribution in [2.45, 2.75) is 20.0 Å². The van der Waals surface area contributed by atoms with Gasteiger partial charge in [-0.3, -0.25) is 4.98 Å². The number of carbonyl (C=O) groups is 2. The molecule has 0 aliphatic heterocycles. The number of carboxylic acid groups (broad SMARTS) is 1. The first-order valence-electron chi connectivity index (χ1n) is 6.15. The van der Waals surface area contributed by atoms with Crippen LogP contribution in [0, 0.1) is 6.92 Å². The topological polar surface area (TPSA) is 104 Å². The van der Waals surface area contributed by atoms with Gasteiger partial charge in [0.1, 0.15) is 0 Å².